The number of fused-ring (bicyclic) bond motifs is 1. The van der Waals surface area contributed by atoms with Crippen molar-refractivity contribution < 1.29 is 23.8 Å². The number of anilines is 3. The second kappa shape index (κ2) is 11.6. The highest BCUT2D eigenvalue weighted by Gasteiger charge is 2.44. The van der Waals surface area contributed by atoms with Crippen LogP contribution in [-0.2, 0) is 17.8 Å². The van der Waals surface area contributed by atoms with Crippen LogP contribution in [-0.4, -0.2) is 61.0 Å². The predicted octanol–water partition coefficient (Wildman–Crippen LogP) is 6.24. The number of aryl methyl sites for hydroxylation is 1. The Bertz CT molecular complexity index is 1480. The van der Waals surface area contributed by atoms with Crippen molar-refractivity contribution in [1.29, 1.82) is 0 Å². The van der Waals surface area contributed by atoms with Crippen molar-refractivity contribution in [3.05, 3.63) is 70.4 Å². The largest absolute Gasteiger partial charge is 0.497 e. The standard InChI is InChI=1S/C31H36ClN5O5/c1-19-8-7-9-24(32)28(19)36-16-21-15-34-27(33-14-20-10-11-23(40-5)12-26(20)41-6)13-25(21)37(29(36)38)22-17-35(18-22)30(39)42-31(2,3)4/h7-13,15,22H,14,16-18H2,1-6H3,(H,33,34). The minimum absolute atomic E-state index is 0.207. The van der Waals surface area contributed by atoms with Crippen LogP contribution in [0.15, 0.2) is 48.7 Å². The summed E-state index contributed by atoms with van der Waals surface area (Å²) in [5, 5.41) is 3.85. The van der Waals surface area contributed by atoms with Crippen LogP contribution < -0.4 is 24.6 Å². The van der Waals surface area contributed by atoms with Crippen LogP contribution in [0.5, 0.6) is 11.5 Å². The molecule has 0 unspecified atom stereocenters. The Morgan fingerprint density at radius 1 is 1.12 bits per heavy atom. The topological polar surface area (TPSA) is 96.5 Å². The molecule has 3 amide bonds. The first-order chi connectivity index (χ1) is 20.0. The van der Waals surface area contributed by atoms with Crippen LogP contribution in [0.1, 0.15) is 37.5 Å². The van der Waals surface area contributed by atoms with Crippen molar-refractivity contribution in [3.8, 4) is 11.5 Å². The van der Waals surface area contributed by atoms with Crippen molar-refractivity contribution in [1.82, 2.24) is 9.88 Å². The lowest BCUT2D eigenvalue weighted by atomic mass is 10.0. The summed E-state index contributed by atoms with van der Waals surface area (Å²) in [6.07, 6.45) is 1.39. The Labute approximate surface area is 251 Å². The van der Waals surface area contributed by atoms with E-state index in [1.54, 1.807) is 41.2 Å². The number of methoxy groups -OCH3 is 2. The molecule has 1 saturated heterocycles. The van der Waals surface area contributed by atoms with Crippen LogP contribution in [0.3, 0.4) is 0 Å². The fourth-order valence-electron chi connectivity index (χ4n) is 5.16. The number of likely N-dealkylation sites (tertiary alicyclic amines) is 1. The normalized spacial score (nSPS) is 15.2. The van der Waals surface area contributed by atoms with Gasteiger partial charge in [-0.2, -0.15) is 0 Å². The van der Waals surface area contributed by atoms with Gasteiger partial charge in [0, 0.05) is 49.1 Å². The number of amides is 3. The lowest BCUT2D eigenvalue weighted by Gasteiger charge is -2.48. The molecule has 5 rings (SSSR count). The highest BCUT2D eigenvalue weighted by atomic mass is 35.5. The summed E-state index contributed by atoms with van der Waals surface area (Å²) in [6, 6.07) is 12.6. The summed E-state index contributed by atoms with van der Waals surface area (Å²) in [5.74, 6) is 2.00. The van der Waals surface area contributed by atoms with Crippen LogP contribution >= 0.6 is 11.6 Å². The highest BCUT2D eigenvalue weighted by molar-refractivity contribution is 6.34. The fraction of sp³-hybridized carbons (Fsp3) is 0.387. The molecule has 0 spiro atoms. The van der Waals surface area contributed by atoms with Gasteiger partial charge in [-0.25, -0.2) is 14.6 Å². The van der Waals surface area contributed by atoms with Gasteiger partial charge in [-0.3, -0.25) is 9.80 Å². The molecule has 0 atom stereocenters. The number of rotatable bonds is 7. The maximum Gasteiger partial charge on any atom is 0.410 e. The molecule has 0 radical (unpaired) electrons. The Morgan fingerprint density at radius 3 is 2.55 bits per heavy atom. The van der Waals surface area contributed by atoms with E-state index in [0.717, 1.165) is 22.4 Å². The van der Waals surface area contributed by atoms with Gasteiger partial charge in [0.2, 0.25) is 0 Å². The maximum absolute atomic E-state index is 14.2. The predicted molar refractivity (Wildman–Crippen MR) is 163 cm³/mol. The summed E-state index contributed by atoms with van der Waals surface area (Å²) in [4.78, 5) is 36.5. The average Bonchev–Trinajstić information content (AvgIpc) is 2.91. The lowest BCUT2D eigenvalue weighted by molar-refractivity contribution is 0.00862. The van der Waals surface area contributed by atoms with Crippen LogP contribution in [0.4, 0.5) is 26.8 Å². The van der Waals surface area contributed by atoms with Gasteiger partial charge in [-0.05, 0) is 51.5 Å². The van der Waals surface area contributed by atoms with Crippen molar-refractivity contribution in [3.63, 3.8) is 0 Å². The summed E-state index contributed by atoms with van der Waals surface area (Å²) in [6.45, 7) is 8.90. The Kier molecular flexibility index (Phi) is 8.10. The zero-order chi connectivity index (χ0) is 30.2. The van der Waals surface area contributed by atoms with E-state index in [-0.39, 0.29) is 12.1 Å². The molecule has 2 aliphatic rings. The van der Waals surface area contributed by atoms with E-state index < -0.39 is 11.7 Å². The second-order valence-electron chi connectivity index (χ2n) is 11.4. The zero-order valence-electron chi connectivity index (χ0n) is 24.7. The molecular weight excluding hydrogens is 558 g/mol. The Morgan fingerprint density at radius 2 is 1.88 bits per heavy atom. The van der Waals surface area contributed by atoms with Gasteiger partial charge in [-0.1, -0.05) is 23.7 Å². The van der Waals surface area contributed by atoms with Gasteiger partial charge < -0.3 is 24.4 Å². The number of halogens is 1. The van der Waals surface area contributed by atoms with Gasteiger partial charge in [0.25, 0.3) is 0 Å². The summed E-state index contributed by atoms with van der Waals surface area (Å²) >= 11 is 6.60. The molecule has 0 aliphatic carbocycles. The molecule has 0 bridgehead atoms. The second-order valence-corrected chi connectivity index (χ2v) is 11.8. The van der Waals surface area contributed by atoms with E-state index in [1.165, 1.54) is 0 Å². The molecule has 10 nitrogen and oxygen atoms in total. The van der Waals surface area contributed by atoms with E-state index in [0.29, 0.717) is 54.2 Å². The smallest absolute Gasteiger partial charge is 0.410 e. The summed E-state index contributed by atoms with van der Waals surface area (Å²) < 4.78 is 16.4. The van der Waals surface area contributed by atoms with Gasteiger partial charge in [0.05, 0.1) is 43.2 Å². The molecule has 222 valence electrons. The zero-order valence-corrected chi connectivity index (χ0v) is 25.5. The minimum Gasteiger partial charge on any atom is -0.497 e. The van der Waals surface area contributed by atoms with Gasteiger partial charge in [0.15, 0.2) is 0 Å². The average molecular weight is 594 g/mol. The number of para-hydroxylation sites is 1. The summed E-state index contributed by atoms with van der Waals surface area (Å²) in [7, 11) is 3.23. The number of aromatic nitrogens is 1. The van der Waals surface area contributed by atoms with E-state index >= 15 is 0 Å². The summed E-state index contributed by atoms with van der Waals surface area (Å²) in [5.41, 5.74) is 3.50. The number of hydrogen-bond donors (Lipinski definition) is 1. The fourth-order valence-corrected chi connectivity index (χ4v) is 5.48. The number of carbonyl (C=O) groups excluding carboxylic acids is 2. The number of urea groups is 1. The Hall–Kier alpha value is -4.18. The van der Waals surface area contributed by atoms with E-state index in [2.05, 4.69) is 10.3 Å². The third-order valence-electron chi connectivity index (χ3n) is 7.28. The number of pyridine rings is 1. The van der Waals surface area contributed by atoms with Crippen LogP contribution in [0, 0.1) is 6.92 Å². The maximum atomic E-state index is 14.2. The third kappa shape index (κ3) is 5.90. The van der Waals surface area contributed by atoms with Gasteiger partial charge in [-0.15, -0.1) is 0 Å². The Balaban J connectivity index is 1.44. The first kappa shape index (κ1) is 29.3. The number of nitrogens with zero attached hydrogens (tertiary/aromatic N) is 4. The number of nitrogens with one attached hydrogen (secondary N) is 1. The minimum atomic E-state index is -0.604. The van der Waals surface area contributed by atoms with Crippen molar-refractivity contribution in [2.24, 2.45) is 0 Å². The molecule has 2 aliphatic heterocycles. The molecule has 11 heteroatoms. The first-order valence-corrected chi connectivity index (χ1v) is 14.1. The van der Waals surface area contributed by atoms with Crippen molar-refractivity contribution in [2.75, 3.05) is 42.4 Å². The lowest BCUT2D eigenvalue weighted by Crippen LogP contribution is -2.66. The third-order valence-corrected chi connectivity index (χ3v) is 7.58. The van der Waals surface area contributed by atoms with Gasteiger partial charge >= 0.3 is 12.1 Å². The van der Waals surface area contributed by atoms with Gasteiger partial charge in [0.1, 0.15) is 22.9 Å². The molecule has 2 aromatic carbocycles. The quantitative estimate of drug-likeness (QED) is 0.346. The first-order valence-electron chi connectivity index (χ1n) is 13.8. The molecule has 1 N–H and O–H groups in total. The van der Waals surface area contributed by atoms with Crippen LogP contribution in [0.25, 0.3) is 0 Å². The van der Waals surface area contributed by atoms with E-state index in [4.69, 9.17) is 25.8 Å². The number of carbonyl (C=O) groups is 2. The molecule has 1 fully saturated rings. The van der Waals surface area contributed by atoms with E-state index in [1.807, 2.05) is 64.1 Å². The molecule has 1 aromatic heterocycles. The van der Waals surface area contributed by atoms with Crippen molar-refractivity contribution in [2.45, 2.75) is 52.4 Å². The monoisotopic (exact) mass is 593 g/mol. The van der Waals surface area contributed by atoms with Crippen LogP contribution in [0.2, 0.25) is 5.02 Å². The molecular formula is C31H36ClN5O5. The molecule has 3 heterocycles. The number of ether oxygens (including phenoxy) is 3. The molecule has 0 saturated carbocycles. The SMILES string of the molecule is COc1ccc(CNc2cc3c(cn2)CN(c2c(C)cccc2Cl)C(=O)N3C2CN(C(=O)OC(C)(C)C)C2)c(OC)c1. The van der Waals surface area contributed by atoms with Crippen molar-refractivity contribution >= 4 is 40.9 Å². The number of benzene rings is 2. The highest BCUT2D eigenvalue weighted by Crippen LogP contribution is 2.40. The number of hydrogen-bond acceptors (Lipinski definition) is 7. The van der Waals surface area contributed by atoms with E-state index in [9.17, 15) is 9.59 Å². The molecule has 42 heavy (non-hydrogen) atoms. The molecule has 3 aromatic rings.